The monoisotopic (exact) mass is 319 g/mol. The molecule has 2 aromatic carbocycles. The summed E-state index contributed by atoms with van der Waals surface area (Å²) in [6.45, 7) is 13.3. The lowest BCUT2D eigenvalue weighted by molar-refractivity contribution is -0.718. The summed E-state index contributed by atoms with van der Waals surface area (Å²) in [7, 11) is 2.05. The predicted molar refractivity (Wildman–Crippen MR) is 101 cm³/mol. The fraction of sp³-hybridized carbons (Fsp3) is 0.364. The molecule has 2 nitrogen and oxygen atoms in total. The van der Waals surface area contributed by atoms with Crippen molar-refractivity contribution in [2.24, 2.45) is 7.05 Å². The molecule has 2 heteroatoms. The normalized spacial score (nSPS) is 11.5. The highest BCUT2D eigenvalue weighted by Gasteiger charge is 2.22. The van der Waals surface area contributed by atoms with Crippen molar-refractivity contribution >= 4 is 10.9 Å². The third-order valence-electron chi connectivity index (χ3n) is 5.09. The first-order chi connectivity index (χ1) is 11.3. The third kappa shape index (κ3) is 2.71. The van der Waals surface area contributed by atoms with Crippen molar-refractivity contribution in [3.8, 4) is 11.3 Å². The Bertz CT molecular complexity index is 937. The topological polar surface area (TPSA) is 16.8 Å². The molecule has 0 aliphatic rings. The molecule has 1 heterocycles. The van der Waals surface area contributed by atoms with Gasteiger partial charge in [0.25, 0.3) is 0 Å². The van der Waals surface area contributed by atoms with Gasteiger partial charge in [-0.3, -0.25) is 0 Å². The summed E-state index contributed by atoms with van der Waals surface area (Å²) in [4.78, 5) is 0. The van der Waals surface area contributed by atoms with Crippen LogP contribution in [0, 0.1) is 27.7 Å². The van der Waals surface area contributed by atoms with Crippen LogP contribution in [0.5, 0.6) is 0 Å². The van der Waals surface area contributed by atoms with E-state index >= 15 is 0 Å². The van der Waals surface area contributed by atoms with E-state index in [4.69, 9.17) is 5.10 Å². The number of rotatable bonds is 2. The SMILES string of the molecule is Cc1cc(C)c(C)c(-c2c(C)c3cc(C(C)C)ccc3n[n+]2C)c1. The van der Waals surface area contributed by atoms with Crippen molar-refractivity contribution in [1.29, 1.82) is 0 Å². The molecule has 24 heavy (non-hydrogen) atoms. The van der Waals surface area contributed by atoms with Crippen LogP contribution in [0.3, 0.4) is 0 Å². The highest BCUT2D eigenvalue weighted by Crippen LogP contribution is 2.31. The Labute approximate surface area is 145 Å². The van der Waals surface area contributed by atoms with Gasteiger partial charge < -0.3 is 0 Å². The highest BCUT2D eigenvalue weighted by atomic mass is 15.2. The summed E-state index contributed by atoms with van der Waals surface area (Å²) in [5.74, 6) is 0.522. The minimum Gasteiger partial charge on any atom is -0.0856 e. The van der Waals surface area contributed by atoms with Crippen molar-refractivity contribution < 1.29 is 4.68 Å². The molecule has 0 aliphatic carbocycles. The predicted octanol–water partition coefficient (Wildman–Crippen LogP) is 5.08. The van der Waals surface area contributed by atoms with E-state index in [1.807, 2.05) is 4.68 Å². The zero-order valence-corrected chi connectivity index (χ0v) is 15.9. The molecule has 1 aromatic heterocycles. The van der Waals surface area contributed by atoms with Crippen molar-refractivity contribution in [3.63, 3.8) is 0 Å². The highest BCUT2D eigenvalue weighted by molar-refractivity contribution is 5.86. The molecule has 0 amide bonds. The Morgan fingerprint density at radius 3 is 2.29 bits per heavy atom. The molecule has 3 aromatic rings. The minimum atomic E-state index is 0.522. The maximum Gasteiger partial charge on any atom is 0.242 e. The molecule has 0 atom stereocenters. The molecule has 0 saturated heterocycles. The summed E-state index contributed by atoms with van der Waals surface area (Å²) < 4.78 is 2.04. The fourth-order valence-corrected chi connectivity index (χ4v) is 3.54. The number of hydrogen-bond donors (Lipinski definition) is 0. The van der Waals surface area contributed by atoms with Crippen LogP contribution in [-0.4, -0.2) is 5.10 Å². The van der Waals surface area contributed by atoms with E-state index < -0.39 is 0 Å². The summed E-state index contributed by atoms with van der Waals surface area (Å²) in [5, 5.41) is 6.09. The molecule has 0 spiro atoms. The number of benzene rings is 2. The maximum absolute atomic E-state index is 4.83. The molecule has 124 valence electrons. The lowest BCUT2D eigenvalue weighted by Crippen LogP contribution is -2.37. The lowest BCUT2D eigenvalue weighted by Gasteiger charge is -2.13. The first kappa shape index (κ1) is 16.6. The third-order valence-corrected chi connectivity index (χ3v) is 5.09. The van der Waals surface area contributed by atoms with Gasteiger partial charge in [-0.15, -0.1) is 0 Å². The number of nitrogens with zero attached hydrogens (tertiary/aromatic N) is 2. The summed E-state index contributed by atoms with van der Waals surface area (Å²) >= 11 is 0. The van der Waals surface area contributed by atoms with Crippen LogP contribution in [0.25, 0.3) is 22.2 Å². The second-order valence-electron chi connectivity index (χ2n) is 7.28. The first-order valence-electron chi connectivity index (χ1n) is 8.68. The molecule has 0 radical (unpaired) electrons. The summed E-state index contributed by atoms with van der Waals surface area (Å²) in [6.07, 6.45) is 0. The van der Waals surface area contributed by atoms with E-state index in [1.54, 1.807) is 0 Å². The van der Waals surface area contributed by atoms with E-state index in [0.29, 0.717) is 5.92 Å². The molecule has 3 rings (SSSR count). The van der Waals surface area contributed by atoms with Gasteiger partial charge in [-0.25, -0.2) is 0 Å². The van der Waals surface area contributed by atoms with Gasteiger partial charge in [0, 0.05) is 16.0 Å². The van der Waals surface area contributed by atoms with E-state index in [1.165, 1.54) is 44.5 Å². The number of aromatic nitrogens is 2. The first-order valence-corrected chi connectivity index (χ1v) is 8.68. The van der Waals surface area contributed by atoms with Crippen molar-refractivity contribution in [1.82, 2.24) is 5.10 Å². The lowest BCUT2D eigenvalue weighted by atomic mass is 9.93. The molecule has 0 aliphatic heterocycles. The van der Waals surface area contributed by atoms with Gasteiger partial charge >= 0.3 is 0 Å². The molecule has 0 fully saturated rings. The van der Waals surface area contributed by atoms with E-state index in [0.717, 1.165) is 5.52 Å². The van der Waals surface area contributed by atoms with Crippen LogP contribution < -0.4 is 4.68 Å². The molecular weight excluding hydrogens is 292 g/mol. The molecule has 0 unspecified atom stereocenters. The second kappa shape index (κ2) is 6.01. The number of aryl methyl sites for hydroxylation is 4. The van der Waals surface area contributed by atoms with Crippen LogP contribution in [-0.2, 0) is 7.05 Å². The van der Waals surface area contributed by atoms with Gasteiger partial charge in [-0.1, -0.05) is 36.2 Å². The largest absolute Gasteiger partial charge is 0.242 e. The fourth-order valence-electron chi connectivity index (χ4n) is 3.54. The van der Waals surface area contributed by atoms with Crippen LogP contribution in [0.1, 0.15) is 47.6 Å². The zero-order chi connectivity index (χ0) is 17.6. The summed E-state index contributed by atoms with van der Waals surface area (Å²) in [6, 6.07) is 11.2. The Balaban J connectivity index is 2.37. The van der Waals surface area contributed by atoms with Crippen molar-refractivity contribution in [3.05, 3.63) is 58.1 Å². The molecule has 0 N–H and O–H groups in total. The van der Waals surface area contributed by atoms with Crippen LogP contribution in [0.2, 0.25) is 0 Å². The number of fused-ring (bicyclic) bond motifs is 1. The molecular formula is C22H27N2+. The van der Waals surface area contributed by atoms with Gasteiger partial charge in [0.05, 0.1) is 5.56 Å². The van der Waals surface area contributed by atoms with Crippen molar-refractivity contribution in [2.45, 2.75) is 47.5 Å². The van der Waals surface area contributed by atoms with E-state index in [2.05, 4.69) is 78.9 Å². The average molecular weight is 319 g/mol. The summed E-state index contributed by atoms with van der Waals surface area (Å²) in [5.41, 5.74) is 10.2. The quantitative estimate of drug-likeness (QED) is 0.602. The minimum absolute atomic E-state index is 0.522. The van der Waals surface area contributed by atoms with E-state index in [-0.39, 0.29) is 0 Å². The van der Waals surface area contributed by atoms with E-state index in [9.17, 15) is 0 Å². The Morgan fingerprint density at radius 2 is 1.62 bits per heavy atom. The number of hydrogen-bond acceptors (Lipinski definition) is 1. The zero-order valence-electron chi connectivity index (χ0n) is 15.9. The smallest absolute Gasteiger partial charge is 0.0856 e. The standard InChI is InChI=1S/C22H27N2/c1-13(2)18-8-9-21-19(12-18)17(6)22(24(7)23-21)20-11-14(3)10-15(4)16(20)5/h8-13H,1-7H3/q+1. The Kier molecular flexibility index (Phi) is 4.16. The Hall–Kier alpha value is -2.22. The van der Waals surface area contributed by atoms with Crippen LogP contribution in [0.4, 0.5) is 0 Å². The molecule has 0 saturated carbocycles. The van der Waals surface area contributed by atoms with Crippen LogP contribution >= 0.6 is 0 Å². The van der Waals surface area contributed by atoms with Gasteiger partial charge in [0.1, 0.15) is 5.52 Å². The van der Waals surface area contributed by atoms with Gasteiger partial charge in [-0.05, 0) is 68.5 Å². The average Bonchev–Trinajstić information content (AvgIpc) is 2.51. The van der Waals surface area contributed by atoms with Crippen LogP contribution in [0.15, 0.2) is 30.3 Å². The van der Waals surface area contributed by atoms with Crippen molar-refractivity contribution in [2.75, 3.05) is 0 Å². The second-order valence-corrected chi connectivity index (χ2v) is 7.28. The molecule has 0 bridgehead atoms. The van der Waals surface area contributed by atoms with Gasteiger partial charge in [0.2, 0.25) is 5.69 Å². The van der Waals surface area contributed by atoms with Gasteiger partial charge in [0.15, 0.2) is 7.05 Å². The van der Waals surface area contributed by atoms with Gasteiger partial charge in [-0.2, -0.15) is 0 Å². The Morgan fingerprint density at radius 1 is 0.917 bits per heavy atom. The maximum atomic E-state index is 4.83.